The Bertz CT molecular complexity index is 1070. The van der Waals surface area contributed by atoms with Crippen molar-refractivity contribution >= 4 is 23.6 Å². The average molecular weight is 503 g/mol. The van der Waals surface area contributed by atoms with E-state index in [1.807, 2.05) is 19.2 Å². The van der Waals surface area contributed by atoms with Crippen molar-refractivity contribution in [2.24, 2.45) is 0 Å². The molecule has 0 spiro atoms. The van der Waals surface area contributed by atoms with Gasteiger partial charge < -0.3 is 9.80 Å². The smallest absolute Gasteiger partial charge is 0.246 e. The molecule has 1 fully saturated rings. The van der Waals surface area contributed by atoms with Crippen LogP contribution in [0.2, 0.25) is 5.15 Å². The third-order valence-corrected chi connectivity index (χ3v) is 7.11. The Morgan fingerprint density at radius 2 is 1.58 bits per heavy atom. The summed E-state index contributed by atoms with van der Waals surface area (Å²) < 4.78 is 0. The lowest BCUT2D eigenvalue weighted by molar-refractivity contribution is -0.124. The largest absolute Gasteiger partial charge is 0.342 e. The van der Waals surface area contributed by atoms with Gasteiger partial charge in [0.05, 0.1) is 6.04 Å². The second kappa shape index (κ2) is 13.4. The molecule has 4 rings (SSSR count). The highest BCUT2D eigenvalue weighted by Crippen LogP contribution is 2.29. The molecule has 1 amide bonds. The van der Waals surface area contributed by atoms with Crippen molar-refractivity contribution in [1.82, 2.24) is 19.7 Å². The number of nitrogens with zero attached hydrogens (tertiary/aromatic N) is 4. The van der Waals surface area contributed by atoms with Gasteiger partial charge in [-0.25, -0.2) is 4.98 Å². The molecule has 2 heterocycles. The lowest BCUT2D eigenvalue weighted by atomic mass is 9.96. The van der Waals surface area contributed by atoms with E-state index < -0.39 is 0 Å². The van der Waals surface area contributed by atoms with Crippen molar-refractivity contribution in [3.05, 3.63) is 107 Å². The molecule has 1 aromatic heterocycles. The fraction of sp³-hybridized carbons (Fsp3) is 0.333. The minimum atomic E-state index is -0.0172. The number of rotatable bonds is 10. The summed E-state index contributed by atoms with van der Waals surface area (Å²) in [4.78, 5) is 23.4. The minimum Gasteiger partial charge on any atom is -0.342 e. The summed E-state index contributed by atoms with van der Waals surface area (Å²) in [5, 5.41) is 0.406. The van der Waals surface area contributed by atoms with E-state index in [0.717, 1.165) is 57.7 Å². The predicted octanol–water partition coefficient (Wildman–Crippen LogP) is 5.39. The van der Waals surface area contributed by atoms with E-state index in [4.69, 9.17) is 11.6 Å². The first-order chi connectivity index (χ1) is 17.6. The van der Waals surface area contributed by atoms with Crippen LogP contribution in [0.3, 0.4) is 0 Å². The van der Waals surface area contributed by atoms with Crippen LogP contribution >= 0.6 is 11.6 Å². The Hall–Kier alpha value is -2.99. The Kier molecular flexibility index (Phi) is 9.68. The van der Waals surface area contributed by atoms with Gasteiger partial charge in [-0.2, -0.15) is 0 Å². The molecule has 1 aliphatic rings. The summed E-state index contributed by atoms with van der Waals surface area (Å²) in [7, 11) is 1.85. The van der Waals surface area contributed by atoms with Crippen molar-refractivity contribution in [2.45, 2.75) is 18.9 Å². The van der Waals surface area contributed by atoms with E-state index in [1.165, 1.54) is 11.1 Å². The molecule has 0 bridgehead atoms. The Morgan fingerprint density at radius 3 is 2.19 bits per heavy atom. The summed E-state index contributed by atoms with van der Waals surface area (Å²) in [6, 6.07) is 25.6. The van der Waals surface area contributed by atoms with Gasteiger partial charge in [-0.1, -0.05) is 78.3 Å². The third-order valence-electron chi connectivity index (χ3n) is 6.79. The average Bonchev–Trinajstić information content (AvgIpc) is 2.92. The molecular weight excluding hydrogens is 468 g/mol. The van der Waals surface area contributed by atoms with E-state index in [2.05, 4.69) is 75.4 Å². The fourth-order valence-corrected chi connectivity index (χ4v) is 4.92. The molecule has 0 radical (unpaired) electrons. The van der Waals surface area contributed by atoms with E-state index in [1.54, 1.807) is 23.2 Å². The lowest BCUT2D eigenvalue weighted by Gasteiger charge is -2.40. The Morgan fingerprint density at radius 1 is 0.944 bits per heavy atom. The van der Waals surface area contributed by atoms with Gasteiger partial charge in [0.25, 0.3) is 0 Å². The number of unbranched alkanes of at least 4 members (excludes halogenated alkanes) is 1. The second-order valence-corrected chi connectivity index (χ2v) is 9.64. The maximum absolute atomic E-state index is 12.4. The number of piperazine rings is 1. The number of pyridine rings is 1. The number of carbonyl (C=O) groups is 1. The third kappa shape index (κ3) is 7.26. The number of likely N-dealkylation sites (N-methyl/N-ethyl adjacent to an activating group) is 1. The van der Waals surface area contributed by atoms with Gasteiger partial charge >= 0.3 is 0 Å². The standard InChI is InChI=1S/C30H35ClN4O/c1-33(28(36)17-16-27-15-10-18-32-30(27)31)19-8-9-20-34-21-23-35(24-22-34)29(25-11-4-2-5-12-25)26-13-6-3-7-14-26/h2-7,10-18,29H,8-9,19-24H2,1H3/b17-16+. The van der Waals surface area contributed by atoms with E-state index in [0.29, 0.717) is 11.2 Å². The van der Waals surface area contributed by atoms with Gasteiger partial charge in [0.15, 0.2) is 0 Å². The highest BCUT2D eigenvalue weighted by atomic mass is 35.5. The van der Waals surface area contributed by atoms with Crippen LogP contribution in [-0.2, 0) is 4.79 Å². The zero-order valence-electron chi connectivity index (χ0n) is 21.0. The van der Waals surface area contributed by atoms with Crippen molar-refractivity contribution in [2.75, 3.05) is 46.3 Å². The molecule has 188 valence electrons. The van der Waals surface area contributed by atoms with Crippen LogP contribution in [0, 0.1) is 0 Å². The molecule has 0 unspecified atom stereocenters. The summed E-state index contributed by atoms with van der Waals surface area (Å²) in [6.07, 6.45) is 7.00. The van der Waals surface area contributed by atoms with Gasteiger partial charge in [-0.15, -0.1) is 0 Å². The number of halogens is 1. The van der Waals surface area contributed by atoms with E-state index in [-0.39, 0.29) is 5.91 Å². The molecule has 36 heavy (non-hydrogen) atoms. The molecule has 0 saturated carbocycles. The Balaban J connectivity index is 1.21. The predicted molar refractivity (Wildman–Crippen MR) is 148 cm³/mol. The minimum absolute atomic E-state index is 0.0172. The van der Waals surface area contributed by atoms with Crippen molar-refractivity contribution in [1.29, 1.82) is 0 Å². The second-order valence-electron chi connectivity index (χ2n) is 9.29. The van der Waals surface area contributed by atoms with Crippen LogP contribution in [-0.4, -0.2) is 71.9 Å². The summed E-state index contributed by atoms with van der Waals surface area (Å²) in [6.45, 7) is 6.05. The molecule has 0 atom stereocenters. The van der Waals surface area contributed by atoms with E-state index >= 15 is 0 Å². The normalized spacial score (nSPS) is 15.0. The molecule has 0 N–H and O–H groups in total. The molecule has 1 aliphatic heterocycles. The SMILES string of the molecule is CN(CCCCN1CCN(C(c2ccccc2)c2ccccc2)CC1)C(=O)/C=C/c1cccnc1Cl. The fourth-order valence-electron chi connectivity index (χ4n) is 4.74. The maximum atomic E-state index is 12.4. The molecule has 1 saturated heterocycles. The van der Waals surface area contributed by atoms with Crippen LogP contribution in [0.1, 0.15) is 35.6 Å². The summed E-state index contributed by atoms with van der Waals surface area (Å²) in [5.41, 5.74) is 3.45. The number of aromatic nitrogens is 1. The monoisotopic (exact) mass is 502 g/mol. The quantitative estimate of drug-likeness (QED) is 0.211. The van der Waals surface area contributed by atoms with E-state index in [9.17, 15) is 4.79 Å². The van der Waals surface area contributed by atoms with Crippen LogP contribution in [0.15, 0.2) is 85.1 Å². The van der Waals surface area contributed by atoms with Gasteiger partial charge in [0.2, 0.25) is 5.91 Å². The molecule has 6 heteroatoms. The first-order valence-corrected chi connectivity index (χ1v) is 13.1. The molecule has 2 aromatic carbocycles. The molecule has 5 nitrogen and oxygen atoms in total. The Labute approximate surface area is 220 Å². The zero-order valence-corrected chi connectivity index (χ0v) is 21.7. The molecule has 3 aromatic rings. The first-order valence-electron chi connectivity index (χ1n) is 12.7. The number of hydrogen-bond acceptors (Lipinski definition) is 4. The van der Waals surface area contributed by atoms with Crippen molar-refractivity contribution in [3.8, 4) is 0 Å². The molecular formula is C30H35ClN4O. The van der Waals surface area contributed by atoms with Gasteiger partial charge in [0, 0.05) is 57.6 Å². The maximum Gasteiger partial charge on any atom is 0.246 e. The van der Waals surface area contributed by atoms with Gasteiger partial charge in [0.1, 0.15) is 5.15 Å². The summed E-state index contributed by atoms with van der Waals surface area (Å²) in [5.74, 6) is -0.0172. The van der Waals surface area contributed by atoms with Crippen LogP contribution in [0.25, 0.3) is 6.08 Å². The highest BCUT2D eigenvalue weighted by Gasteiger charge is 2.26. The lowest BCUT2D eigenvalue weighted by Crippen LogP contribution is -2.48. The summed E-state index contributed by atoms with van der Waals surface area (Å²) >= 11 is 6.06. The highest BCUT2D eigenvalue weighted by molar-refractivity contribution is 6.30. The number of hydrogen-bond donors (Lipinski definition) is 0. The zero-order chi connectivity index (χ0) is 25.2. The number of amides is 1. The number of carbonyl (C=O) groups excluding carboxylic acids is 1. The van der Waals surface area contributed by atoms with Gasteiger partial charge in [-0.05, 0) is 42.7 Å². The number of benzene rings is 2. The van der Waals surface area contributed by atoms with Crippen molar-refractivity contribution < 1.29 is 4.79 Å². The van der Waals surface area contributed by atoms with Crippen molar-refractivity contribution in [3.63, 3.8) is 0 Å². The van der Waals surface area contributed by atoms with Gasteiger partial charge in [-0.3, -0.25) is 9.69 Å². The topological polar surface area (TPSA) is 39.7 Å². The molecule has 0 aliphatic carbocycles. The van der Waals surface area contributed by atoms with Crippen LogP contribution in [0.4, 0.5) is 0 Å². The van der Waals surface area contributed by atoms with Crippen LogP contribution < -0.4 is 0 Å². The first kappa shape index (κ1) is 26.1. The van der Waals surface area contributed by atoms with Crippen LogP contribution in [0.5, 0.6) is 0 Å².